The van der Waals surface area contributed by atoms with Crippen molar-refractivity contribution in [2.75, 3.05) is 6.54 Å². The molecule has 2 rings (SSSR count). The zero-order chi connectivity index (χ0) is 14.0. The molecule has 1 unspecified atom stereocenters. The van der Waals surface area contributed by atoms with Crippen LogP contribution >= 0.6 is 0 Å². The van der Waals surface area contributed by atoms with Gasteiger partial charge in [0.05, 0.1) is 10.7 Å². The van der Waals surface area contributed by atoms with Crippen molar-refractivity contribution in [3.63, 3.8) is 0 Å². The molecule has 0 saturated carbocycles. The number of hydrogen-bond donors (Lipinski definition) is 3. The average Bonchev–Trinajstić information content (AvgIpc) is 2.82. The summed E-state index contributed by atoms with van der Waals surface area (Å²) >= 11 is 0. The van der Waals surface area contributed by atoms with Crippen molar-refractivity contribution in [2.24, 2.45) is 11.7 Å². The quantitative estimate of drug-likeness (QED) is 0.555. The maximum atomic E-state index is 12.1. The van der Waals surface area contributed by atoms with Crippen LogP contribution in [0.1, 0.15) is 24.5 Å². The van der Waals surface area contributed by atoms with Crippen LogP contribution in [-0.4, -0.2) is 20.8 Å². The van der Waals surface area contributed by atoms with Crippen molar-refractivity contribution in [1.82, 2.24) is 4.72 Å². The van der Waals surface area contributed by atoms with E-state index in [1.807, 2.05) is 6.07 Å². The van der Waals surface area contributed by atoms with Crippen molar-refractivity contribution in [3.05, 3.63) is 29.3 Å². The number of benzene rings is 1. The topological polar surface area (TPSA) is 96.0 Å². The van der Waals surface area contributed by atoms with Gasteiger partial charge in [0.1, 0.15) is 0 Å². The Morgan fingerprint density at radius 2 is 2.11 bits per heavy atom. The molecule has 0 amide bonds. The Bertz CT molecular complexity index is 596. The molecule has 1 aliphatic carbocycles. The van der Waals surface area contributed by atoms with Crippen LogP contribution in [0.3, 0.4) is 0 Å². The minimum Gasteiger partial charge on any atom is -0.387 e. The lowest BCUT2D eigenvalue weighted by atomic mass is 10.1. The maximum Gasteiger partial charge on any atom is 0.240 e. The van der Waals surface area contributed by atoms with Crippen LogP contribution in [0.4, 0.5) is 0 Å². The van der Waals surface area contributed by atoms with Crippen molar-refractivity contribution < 1.29 is 8.42 Å². The van der Waals surface area contributed by atoms with Crippen molar-refractivity contribution >= 4 is 15.9 Å². The Hall–Kier alpha value is -1.40. The van der Waals surface area contributed by atoms with Crippen LogP contribution < -0.4 is 10.5 Å². The highest BCUT2D eigenvalue weighted by molar-refractivity contribution is 7.89. The van der Waals surface area contributed by atoms with E-state index in [9.17, 15) is 8.42 Å². The fraction of sp³-hybridized carbons (Fsp3) is 0.462. The van der Waals surface area contributed by atoms with Gasteiger partial charge < -0.3 is 5.73 Å². The third-order valence-electron chi connectivity index (χ3n) is 3.49. The SMILES string of the molecule is CC(CNS(=O)(=O)c1ccc2c(c1)CCC2)C(=N)N. The van der Waals surface area contributed by atoms with E-state index >= 15 is 0 Å². The van der Waals surface area contributed by atoms with E-state index in [1.54, 1.807) is 19.1 Å². The summed E-state index contributed by atoms with van der Waals surface area (Å²) in [7, 11) is -3.51. The summed E-state index contributed by atoms with van der Waals surface area (Å²) in [4.78, 5) is 0.295. The number of nitrogens with two attached hydrogens (primary N) is 1. The first-order valence-corrected chi connectivity index (χ1v) is 7.84. The van der Waals surface area contributed by atoms with Gasteiger partial charge in [-0.2, -0.15) is 0 Å². The third kappa shape index (κ3) is 3.13. The van der Waals surface area contributed by atoms with E-state index in [0.29, 0.717) is 4.90 Å². The van der Waals surface area contributed by atoms with Gasteiger partial charge in [0.2, 0.25) is 10.0 Å². The minimum absolute atomic E-state index is 0.0170. The number of hydrogen-bond acceptors (Lipinski definition) is 3. The third-order valence-corrected chi connectivity index (χ3v) is 4.91. The maximum absolute atomic E-state index is 12.1. The van der Waals surface area contributed by atoms with Crippen LogP contribution in [0.2, 0.25) is 0 Å². The number of rotatable bonds is 5. The summed E-state index contributed by atoms with van der Waals surface area (Å²) in [5.41, 5.74) is 7.70. The molecule has 0 heterocycles. The molecular weight excluding hydrogens is 262 g/mol. The predicted molar refractivity (Wildman–Crippen MR) is 74.7 cm³/mol. The lowest BCUT2D eigenvalue weighted by Gasteiger charge is -2.12. The standard InChI is InChI=1S/C13H19N3O2S/c1-9(13(14)15)8-16-19(17,18)12-6-5-10-3-2-4-11(10)7-12/h5-7,9,16H,2-4,8H2,1H3,(H3,14,15). The monoisotopic (exact) mass is 281 g/mol. The summed E-state index contributed by atoms with van der Waals surface area (Å²) in [5.74, 6) is -0.319. The van der Waals surface area contributed by atoms with E-state index in [-0.39, 0.29) is 18.3 Å². The smallest absolute Gasteiger partial charge is 0.240 e. The first-order valence-electron chi connectivity index (χ1n) is 6.35. The summed E-state index contributed by atoms with van der Waals surface area (Å²) in [6.45, 7) is 1.86. The van der Waals surface area contributed by atoms with Crippen LogP contribution in [0, 0.1) is 11.3 Å². The highest BCUT2D eigenvalue weighted by Gasteiger charge is 2.19. The highest BCUT2D eigenvalue weighted by Crippen LogP contribution is 2.24. The summed E-state index contributed by atoms with van der Waals surface area (Å²) in [6.07, 6.45) is 3.07. The molecule has 0 radical (unpaired) electrons. The van der Waals surface area contributed by atoms with Gasteiger partial charge in [-0.3, -0.25) is 5.41 Å². The van der Waals surface area contributed by atoms with Crippen LogP contribution in [-0.2, 0) is 22.9 Å². The molecule has 6 heteroatoms. The minimum atomic E-state index is -3.51. The van der Waals surface area contributed by atoms with Gasteiger partial charge in [-0.15, -0.1) is 0 Å². The molecule has 0 spiro atoms. The fourth-order valence-electron chi connectivity index (χ4n) is 2.14. The van der Waals surface area contributed by atoms with Crippen LogP contribution in [0.5, 0.6) is 0 Å². The van der Waals surface area contributed by atoms with Crippen molar-refractivity contribution in [3.8, 4) is 0 Å². The first kappa shape index (κ1) is 14.0. The molecule has 4 N–H and O–H groups in total. The number of aryl methyl sites for hydroxylation is 2. The van der Waals surface area contributed by atoms with Crippen molar-refractivity contribution in [1.29, 1.82) is 5.41 Å². The Kier molecular flexibility index (Phi) is 3.91. The lowest BCUT2D eigenvalue weighted by Crippen LogP contribution is -2.34. The Labute approximate surface area is 113 Å². The molecule has 0 aliphatic heterocycles. The van der Waals surface area contributed by atoms with Gasteiger partial charge in [-0.1, -0.05) is 13.0 Å². The van der Waals surface area contributed by atoms with Gasteiger partial charge in [0, 0.05) is 12.5 Å². The van der Waals surface area contributed by atoms with E-state index in [1.165, 1.54) is 5.56 Å². The molecule has 1 aliphatic rings. The van der Waals surface area contributed by atoms with E-state index < -0.39 is 10.0 Å². The summed E-state index contributed by atoms with van der Waals surface area (Å²) in [6, 6.07) is 5.29. The molecule has 0 bridgehead atoms. The second-order valence-corrected chi connectivity index (χ2v) is 6.76. The molecule has 1 aromatic rings. The normalized spacial score (nSPS) is 16.1. The Morgan fingerprint density at radius 3 is 2.79 bits per heavy atom. The zero-order valence-corrected chi connectivity index (χ0v) is 11.8. The molecule has 104 valence electrons. The Balaban J connectivity index is 2.14. The summed E-state index contributed by atoms with van der Waals surface area (Å²) < 4.78 is 26.8. The molecule has 1 aromatic carbocycles. The zero-order valence-electron chi connectivity index (χ0n) is 10.9. The predicted octanol–water partition coefficient (Wildman–Crippen LogP) is 1.03. The van der Waals surface area contributed by atoms with Gasteiger partial charge >= 0.3 is 0 Å². The molecular formula is C13H19N3O2S. The van der Waals surface area contributed by atoms with Gasteiger partial charge in [0.15, 0.2) is 0 Å². The van der Waals surface area contributed by atoms with Crippen LogP contribution in [0.25, 0.3) is 0 Å². The number of sulfonamides is 1. The van der Waals surface area contributed by atoms with E-state index in [0.717, 1.165) is 24.8 Å². The fourth-order valence-corrected chi connectivity index (χ4v) is 3.32. The largest absolute Gasteiger partial charge is 0.387 e. The highest BCUT2D eigenvalue weighted by atomic mass is 32.2. The molecule has 0 fully saturated rings. The molecule has 19 heavy (non-hydrogen) atoms. The van der Waals surface area contributed by atoms with E-state index in [2.05, 4.69) is 4.72 Å². The van der Waals surface area contributed by atoms with Gasteiger partial charge in [0.25, 0.3) is 0 Å². The average molecular weight is 281 g/mol. The second-order valence-electron chi connectivity index (χ2n) is 4.99. The molecule has 0 saturated heterocycles. The Morgan fingerprint density at radius 1 is 1.42 bits per heavy atom. The van der Waals surface area contributed by atoms with Gasteiger partial charge in [-0.25, -0.2) is 13.1 Å². The number of amidine groups is 1. The lowest BCUT2D eigenvalue weighted by molar-refractivity contribution is 0.574. The number of fused-ring (bicyclic) bond motifs is 1. The molecule has 5 nitrogen and oxygen atoms in total. The second kappa shape index (κ2) is 5.30. The first-order chi connectivity index (χ1) is 8.90. The molecule has 1 atom stereocenters. The van der Waals surface area contributed by atoms with Gasteiger partial charge in [-0.05, 0) is 42.5 Å². The number of nitrogens with one attached hydrogen (secondary N) is 2. The molecule has 0 aromatic heterocycles. The van der Waals surface area contributed by atoms with Crippen LogP contribution in [0.15, 0.2) is 23.1 Å². The van der Waals surface area contributed by atoms with E-state index in [4.69, 9.17) is 11.1 Å². The van der Waals surface area contributed by atoms with Crippen molar-refractivity contribution in [2.45, 2.75) is 31.1 Å². The summed E-state index contributed by atoms with van der Waals surface area (Å²) in [5, 5.41) is 7.26.